The van der Waals surface area contributed by atoms with Crippen LogP contribution in [0.5, 0.6) is 0 Å². The van der Waals surface area contributed by atoms with Gasteiger partial charge < -0.3 is 20.0 Å². The Bertz CT molecular complexity index is 1030. The zero-order valence-corrected chi connectivity index (χ0v) is 20.4. The summed E-state index contributed by atoms with van der Waals surface area (Å²) in [6.45, 7) is 5.38. The minimum absolute atomic E-state index is 0.00554. The lowest BCUT2D eigenvalue weighted by atomic mass is 10.1. The lowest BCUT2D eigenvalue weighted by Gasteiger charge is -2.29. The second-order valence-electron chi connectivity index (χ2n) is 9.58. The SMILES string of the molecule is Cc1ccc(C(=O)N2CC(N(C(=O)c3cccs3)C3CC3)CC2C(=O)N2CCCNCC2)cc1. The number of hydrogen-bond acceptors (Lipinski definition) is 5. The standard InChI is InChI=1S/C26H32N4O3S/c1-18-5-7-19(8-6-18)24(31)29-17-21(16-22(29)25(32)28-13-3-11-27-12-14-28)30(20-9-10-20)26(33)23-4-2-15-34-23/h2,4-8,15,20-22,27H,3,9-14,16-17H2,1H3. The van der Waals surface area contributed by atoms with Gasteiger partial charge in [-0.25, -0.2) is 0 Å². The zero-order valence-electron chi connectivity index (χ0n) is 19.6. The van der Waals surface area contributed by atoms with E-state index in [9.17, 15) is 14.4 Å². The fourth-order valence-corrected chi connectivity index (χ4v) is 5.79. The summed E-state index contributed by atoms with van der Waals surface area (Å²) in [6, 6.07) is 10.8. The van der Waals surface area contributed by atoms with Gasteiger partial charge in [-0.2, -0.15) is 0 Å². The van der Waals surface area contributed by atoms with E-state index in [1.54, 1.807) is 4.90 Å². The topological polar surface area (TPSA) is 73.0 Å². The van der Waals surface area contributed by atoms with Gasteiger partial charge in [0.15, 0.2) is 0 Å². The van der Waals surface area contributed by atoms with Crippen molar-refractivity contribution in [3.63, 3.8) is 0 Å². The molecule has 180 valence electrons. The normalized spacial score (nSPS) is 23.0. The van der Waals surface area contributed by atoms with Crippen molar-refractivity contribution in [2.45, 2.75) is 50.7 Å². The third-order valence-corrected chi connectivity index (χ3v) is 7.93. The molecule has 3 amide bonds. The number of nitrogens with one attached hydrogen (secondary N) is 1. The molecule has 1 aromatic heterocycles. The Morgan fingerprint density at radius 2 is 1.82 bits per heavy atom. The van der Waals surface area contributed by atoms with Crippen molar-refractivity contribution in [2.75, 3.05) is 32.7 Å². The van der Waals surface area contributed by atoms with Gasteiger partial charge in [-0.3, -0.25) is 14.4 Å². The van der Waals surface area contributed by atoms with Crippen LogP contribution in [0.4, 0.5) is 0 Å². The van der Waals surface area contributed by atoms with Gasteiger partial charge in [0.1, 0.15) is 6.04 Å². The summed E-state index contributed by atoms with van der Waals surface area (Å²) in [5, 5.41) is 5.26. The molecule has 2 saturated heterocycles. The van der Waals surface area contributed by atoms with Crippen LogP contribution in [0, 0.1) is 6.92 Å². The highest BCUT2D eigenvalue weighted by atomic mass is 32.1. The third kappa shape index (κ3) is 4.74. The first-order valence-corrected chi connectivity index (χ1v) is 13.1. The van der Waals surface area contributed by atoms with Crippen LogP contribution in [0.2, 0.25) is 0 Å². The first-order chi connectivity index (χ1) is 16.5. The number of carbonyl (C=O) groups excluding carboxylic acids is 3. The van der Waals surface area contributed by atoms with E-state index in [1.165, 1.54) is 11.3 Å². The Morgan fingerprint density at radius 1 is 1.03 bits per heavy atom. The Morgan fingerprint density at radius 3 is 2.53 bits per heavy atom. The molecular weight excluding hydrogens is 448 g/mol. The molecule has 0 spiro atoms. The smallest absolute Gasteiger partial charge is 0.264 e. The largest absolute Gasteiger partial charge is 0.340 e. The molecule has 5 rings (SSSR count). The molecule has 34 heavy (non-hydrogen) atoms. The van der Waals surface area contributed by atoms with Crippen LogP contribution in [-0.4, -0.2) is 83.3 Å². The molecule has 7 nitrogen and oxygen atoms in total. The third-order valence-electron chi connectivity index (χ3n) is 7.08. The summed E-state index contributed by atoms with van der Waals surface area (Å²) in [5.41, 5.74) is 1.67. The molecule has 0 radical (unpaired) electrons. The maximum atomic E-state index is 13.7. The molecule has 3 aliphatic rings. The van der Waals surface area contributed by atoms with Gasteiger partial charge >= 0.3 is 0 Å². The summed E-state index contributed by atoms with van der Waals surface area (Å²) in [4.78, 5) is 47.1. The van der Waals surface area contributed by atoms with E-state index in [4.69, 9.17) is 0 Å². The fourth-order valence-electron chi connectivity index (χ4n) is 5.12. The predicted molar refractivity (Wildman–Crippen MR) is 132 cm³/mol. The molecule has 8 heteroatoms. The van der Waals surface area contributed by atoms with Gasteiger partial charge in [0.25, 0.3) is 11.8 Å². The second-order valence-corrected chi connectivity index (χ2v) is 10.5. The molecule has 1 aromatic carbocycles. The lowest BCUT2D eigenvalue weighted by Crippen LogP contribution is -2.48. The lowest BCUT2D eigenvalue weighted by molar-refractivity contribution is -0.135. The molecule has 1 saturated carbocycles. The fraction of sp³-hybridized carbons (Fsp3) is 0.500. The van der Waals surface area contributed by atoms with E-state index in [2.05, 4.69) is 5.32 Å². The van der Waals surface area contributed by atoms with Crippen LogP contribution in [0.25, 0.3) is 0 Å². The van der Waals surface area contributed by atoms with E-state index < -0.39 is 6.04 Å². The van der Waals surface area contributed by atoms with Crippen LogP contribution in [0.15, 0.2) is 41.8 Å². The maximum Gasteiger partial charge on any atom is 0.264 e. The quantitative estimate of drug-likeness (QED) is 0.714. The highest BCUT2D eigenvalue weighted by Crippen LogP contribution is 2.36. The molecule has 0 bridgehead atoms. The number of amides is 3. The second kappa shape index (κ2) is 9.88. The van der Waals surface area contributed by atoms with Gasteiger partial charge in [-0.1, -0.05) is 23.8 Å². The van der Waals surface area contributed by atoms with E-state index in [-0.39, 0.29) is 29.8 Å². The Kier molecular flexibility index (Phi) is 6.70. The van der Waals surface area contributed by atoms with Crippen LogP contribution in [0.1, 0.15) is 51.3 Å². The molecule has 2 aliphatic heterocycles. The Hall–Kier alpha value is -2.71. The van der Waals surface area contributed by atoms with E-state index in [0.717, 1.165) is 42.8 Å². The number of likely N-dealkylation sites (tertiary alicyclic amines) is 1. The molecule has 2 aromatic rings. The van der Waals surface area contributed by atoms with Crippen molar-refractivity contribution >= 4 is 29.1 Å². The van der Waals surface area contributed by atoms with Crippen LogP contribution >= 0.6 is 11.3 Å². The number of nitrogens with zero attached hydrogens (tertiary/aromatic N) is 3. The van der Waals surface area contributed by atoms with Gasteiger partial charge in [-0.05, 0) is 62.7 Å². The zero-order chi connectivity index (χ0) is 23.7. The van der Waals surface area contributed by atoms with Crippen molar-refractivity contribution in [3.8, 4) is 0 Å². The minimum Gasteiger partial charge on any atom is -0.340 e. The predicted octanol–water partition coefficient (Wildman–Crippen LogP) is 2.77. The van der Waals surface area contributed by atoms with Gasteiger partial charge in [0, 0.05) is 37.8 Å². The summed E-state index contributed by atoms with van der Waals surface area (Å²) in [7, 11) is 0. The van der Waals surface area contributed by atoms with Crippen LogP contribution in [-0.2, 0) is 4.79 Å². The molecule has 1 N–H and O–H groups in total. The first kappa shape index (κ1) is 23.1. The van der Waals surface area contributed by atoms with Crippen LogP contribution in [0.3, 0.4) is 0 Å². The Balaban J connectivity index is 1.43. The number of benzene rings is 1. The minimum atomic E-state index is -0.547. The Labute approximate surface area is 204 Å². The average Bonchev–Trinajstić information content (AvgIpc) is 3.44. The molecular formula is C26H32N4O3S. The average molecular weight is 481 g/mol. The molecule has 3 fully saturated rings. The first-order valence-electron chi connectivity index (χ1n) is 12.3. The van der Waals surface area contributed by atoms with Crippen molar-refractivity contribution in [3.05, 3.63) is 57.8 Å². The number of hydrogen-bond donors (Lipinski definition) is 1. The van der Waals surface area contributed by atoms with E-state index >= 15 is 0 Å². The molecule has 2 unspecified atom stereocenters. The molecule has 3 heterocycles. The highest BCUT2D eigenvalue weighted by Gasteiger charge is 2.48. The van der Waals surface area contributed by atoms with Crippen molar-refractivity contribution in [1.29, 1.82) is 0 Å². The summed E-state index contributed by atoms with van der Waals surface area (Å²) in [5.74, 6) is -0.101. The molecule has 1 aliphatic carbocycles. The summed E-state index contributed by atoms with van der Waals surface area (Å²) < 4.78 is 0. The number of carbonyl (C=O) groups is 3. The number of thiophene rings is 1. The van der Waals surface area contributed by atoms with Gasteiger partial charge in [0.05, 0.1) is 10.9 Å². The molecule has 2 atom stereocenters. The van der Waals surface area contributed by atoms with Crippen molar-refractivity contribution in [2.24, 2.45) is 0 Å². The summed E-state index contributed by atoms with van der Waals surface area (Å²) >= 11 is 1.45. The van der Waals surface area contributed by atoms with Gasteiger partial charge in [-0.15, -0.1) is 11.3 Å². The van der Waals surface area contributed by atoms with Crippen molar-refractivity contribution < 1.29 is 14.4 Å². The monoisotopic (exact) mass is 480 g/mol. The van der Waals surface area contributed by atoms with Crippen molar-refractivity contribution in [1.82, 2.24) is 20.0 Å². The number of aryl methyl sites for hydroxylation is 1. The van der Waals surface area contributed by atoms with E-state index in [1.807, 2.05) is 58.5 Å². The highest BCUT2D eigenvalue weighted by molar-refractivity contribution is 7.12. The maximum absolute atomic E-state index is 13.7. The van der Waals surface area contributed by atoms with E-state index in [0.29, 0.717) is 31.6 Å². The van der Waals surface area contributed by atoms with Crippen LogP contribution < -0.4 is 5.32 Å². The van der Waals surface area contributed by atoms with Gasteiger partial charge in [0.2, 0.25) is 5.91 Å². The summed E-state index contributed by atoms with van der Waals surface area (Å²) in [6.07, 6.45) is 3.36. The number of rotatable bonds is 5.